The molecule has 1 aliphatic rings. The van der Waals surface area contributed by atoms with Crippen LogP contribution in [0.3, 0.4) is 0 Å². The molecule has 0 radical (unpaired) electrons. The molecule has 154 valence electrons. The van der Waals surface area contributed by atoms with Crippen molar-refractivity contribution in [3.05, 3.63) is 46.9 Å². The zero-order valence-electron chi connectivity index (χ0n) is 16.8. The Morgan fingerprint density at radius 1 is 1.23 bits per heavy atom. The van der Waals surface area contributed by atoms with Crippen LogP contribution in [-0.4, -0.2) is 52.3 Å². The van der Waals surface area contributed by atoms with Crippen molar-refractivity contribution < 1.29 is 4.74 Å². The summed E-state index contributed by atoms with van der Waals surface area (Å²) in [7, 11) is 3.78. The van der Waals surface area contributed by atoms with Gasteiger partial charge in [0, 0.05) is 11.6 Å². The second-order valence-corrected chi connectivity index (χ2v) is 7.70. The Bertz CT molecular complexity index is 1070. The first-order valence-corrected chi connectivity index (χ1v) is 10.1. The Balaban J connectivity index is 1.58. The number of likely N-dealkylation sites (tertiary alicyclic amines) is 1. The van der Waals surface area contributed by atoms with Crippen LogP contribution in [0.5, 0.6) is 5.75 Å². The number of H-pyrrole nitrogens is 1. The zero-order chi connectivity index (χ0) is 21.1. The lowest BCUT2D eigenvalue weighted by Gasteiger charge is -2.30. The Kier molecular flexibility index (Phi) is 5.84. The van der Waals surface area contributed by atoms with Gasteiger partial charge in [0.1, 0.15) is 17.6 Å². The molecular formula is C21H22ClN7O. The molecule has 8 nitrogen and oxygen atoms in total. The van der Waals surface area contributed by atoms with Gasteiger partial charge in [-0.3, -0.25) is 5.10 Å². The van der Waals surface area contributed by atoms with E-state index in [1.165, 1.54) is 12.4 Å². The number of halogens is 1. The topological polar surface area (TPSA) is 103 Å². The normalized spacial score (nSPS) is 15.0. The largest absolute Gasteiger partial charge is 0.494 e. The minimum Gasteiger partial charge on any atom is -0.494 e. The molecule has 2 aromatic heterocycles. The van der Waals surface area contributed by atoms with Gasteiger partial charge in [0.2, 0.25) is 0 Å². The number of piperidine rings is 1. The number of methoxy groups -OCH3 is 1. The summed E-state index contributed by atoms with van der Waals surface area (Å²) >= 11 is 6.77. The van der Waals surface area contributed by atoms with Crippen molar-refractivity contribution in [1.82, 2.24) is 25.1 Å². The lowest BCUT2D eigenvalue weighted by atomic mass is 9.88. The van der Waals surface area contributed by atoms with Crippen molar-refractivity contribution >= 4 is 23.2 Å². The maximum atomic E-state index is 8.82. The average Bonchev–Trinajstić information content (AvgIpc) is 3.23. The number of hydrogen-bond acceptors (Lipinski definition) is 7. The highest BCUT2D eigenvalue weighted by Gasteiger charge is 2.24. The molecule has 0 saturated carbocycles. The van der Waals surface area contributed by atoms with Crippen molar-refractivity contribution in [2.75, 3.05) is 32.6 Å². The van der Waals surface area contributed by atoms with Crippen LogP contribution in [-0.2, 0) is 0 Å². The minimum absolute atomic E-state index is 0.257. The first kappa shape index (κ1) is 20.1. The monoisotopic (exact) mass is 423 g/mol. The summed E-state index contributed by atoms with van der Waals surface area (Å²) in [5, 5.41) is 19.8. The van der Waals surface area contributed by atoms with Crippen LogP contribution in [0.2, 0.25) is 5.02 Å². The highest BCUT2D eigenvalue weighted by atomic mass is 35.5. The van der Waals surface area contributed by atoms with E-state index in [1.807, 2.05) is 18.2 Å². The van der Waals surface area contributed by atoms with Gasteiger partial charge < -0.3 is 15.0 Å². The molecule has 0 atom stereocenters. The Morgan fingerprint density at radius 2 is 2.03 bits per heavy atom. The smallest absolute Gasteiger partial charge is 0.158 e. The van der Waals surface area contributed by atoms with Crippen LogP contribution >= 0.6 is 11.6 Å². The molecule has 4 rings (SSSR count). The number of benzene rings is 1. The molecule has 2 N–H and O–H groups in total. The van der Waals surface area contributed by atoms with E-state index < -0.39 is 0 Å². The Hall–Kier alpha value is -3.15. The predicted molar refractivity (Wildman–Crippen MR) is 115 cm³/mol. The lowest BCUT2D eigenvalue weighted by molar-refractivity contribution is 0.255. The van der Waals surface area contributed by atoms with Gasteiger partial charge in [0.25, 0.3) is 0 Å². The van der Waals surface area contributed by atoms with E-state index in [0.717, 1.165) is 42.8 Å². The second kappa shape index (κ2) is 8.69. The van der Waals surface area contributed by atoms with Crippen LogP contribution < -0.4 is 10.1 Å². The predicted octanol–water partition coefficient (Wildman–Crippen LogP) is 3.95. The molecule has 1 saturated heterocycles. The third kappa shape index (κ3) is 4.08. The summed E-state index contributed by atoms with van der Waals surface area (Å²) in [6, 6.07) is 7.91. The van der Waals surface area contributed by atoms with Crippen molar-refractivity contribution in [3.63, 3.8) is 0 Å². The summed E-state index contributed by atoms with van der Waals surface area (Å²) in [4.78, 5) is 10.5. The summed E-state index contributed by atoms with van der Waals surface area (Å²) in [6.45, 7) is 2.14. The Morgan fingerprint density at radius 3 is 2.70 bits per heavy atom. The van der Waals surface area contributed by atoms with Crippen molar-refractivity contribution in [3.8, 4) is 23.1 Å². The molecule has 1 fully saturated rings. The van der Waals surface area contributed by atoms with Crippen molar-refractivity contribution in [2.45, 2.75) is 18.8 Å². The van der Waals surface area contributed by atoms with Gasteiger partial charge in [-0.25, -0.2) is 9.97 Å². The van der Waals surface area contributed by atoms with E-state index >= 15 is 0 Å². The fraction of sp³-hybridized carbons (Fsp3) is 0.333. The summed E-state index contributed by atoms with van der Waals surface area (Å²) in [5.74, 6) is 2.14. The van der Waals surface area contributed by atoms with Crippen LogP contribution in [0.1, 0.15) is 30.0 Å². The van der Waals surface area contributed by atoms with E-state index in [9.17, 15) is 0 Å². The maximum absolute atomic E-state index is 8.82. The van der Waals surface area contributed by atoms with E-state index in [4.69, 9.17) is 21.6 Å². The summed E-state index contributed by atoms with van der Waals surface area (Å²) in [5.41, 5.74) is 3.00. The fourth-order valence-electron chi connectivity index (χ4n) is 3.72. The van der Waals surface area contributed by atoms with Gasteiger partial charge in [-0.2, -0.15) is 10.4 Å². The number of hydrogen-bond donors (Lipinski definition) is 2. The molecule has 0 bridgehead atoms. The molecule has 0 unspecified atom stereocenters. The van der Waals surface area contributed by atoms with Gasteiger partial charge in [0.05, 0.1) is 30.2 Å². The van der Waals surface area contributed by atoms with Gasteiger partial charge in [-0.1, -0.05) is 17.7 Å². The molecule has 3 aromatic rings. The van der Waals surface area contributed by atoms with Gasteiger partial charge in [0.15, 0.2) is 11.5 Å². The molecule has 30 heavy (non-hydrogen) atoms. The number of rotatable bonds is 5. The molecule has 0 aliphatic carbocycles. The molecule has 3 heterocycles. The first-order valence-electron chi connectivity index (χ1n) is 9.69. The van der Waals surface area contributed by atoms with Gasteiger partial charge in [-0.05, 0) is 50.5 Å². The molecular weight excluding hydrogens is 402 g/mol. The van der Waals surface area contributed by atoms with E-state index in [2.05, 4.69) is 43.5 Å². The third-order valence-electron chi connectivity index (χ3n) is 5.38. The average molecular weight is 424 g/mol. The van der Waals surface area contributed by atoms with Crippen LogP contribution in [0, 0.1) is 11.3 Å². The second-order valence-electron chi connectivity index (χ2n) is 7.32. The SMILES string of the molecule is COc1c(-c2cc(Nc3cnc(C#N)cn3)n[nH]2)ccc(C2CCN(C)CC2)c1Cl. The maximum Gasteiger partial charge on any atom is 0.158 e. The van der Waals surface area contributed by atoms with Gasteiger partial charge >= 0.3 is 0 Å². The summed E-state index contributed by atoms with van der Waals surface area (Å²) in [6.07, 6.45) is 5.06. The van der Waals surface area contributed by atoms with Crippen LogP contribution in [0.15, 0.2) is 30.6 Å². The van der Waals surface area contributed by atoms with Crippen molar-refractivity contribution in [1.29, 1.82) is 5.26 Å². The van der Waals surface area contributed by atoms with Crippen molar-refractivity contribution in [2.24, 2.45) is 0 Å². The molecule has 1 aliphatic heterocycles. The van der Waals surface area contributed by atoms with E-state index in [-0.39, 0.29) is 5.69 Å². The first-order chi connectivity index (χ1) is 14.6. The molecule has 9 heteroatoms. The Labute approximate surface area is 179 Å². The molecule has 0 amide bonds. The van der Waals surface area contributed by atoms with Gasteiger partial charge in [-0.15, -0.1) is 0 Å². The van der Waals surface area contributed by atoms with E-state index in [0.29, 0.717) is 28.3 Å². The number of ether oxygens (including phenoxy) is 1. The minimum atomic E-state index is 0.257. The number of nitriles is 1. The quantitative estimate of drug-likeness (QED) is 0.640. The number of anilines is 2. The highest BCUT2D eigenvalue weighted by molar-refractivity contribution is 6.33. The highest BCUT2D eigenvalue weighted by Crippen LogP contribution is 2.43. The van der Waals surface area contributed by atoms with E-state index in [1.54, 1.807) is 7.11 Å². The zero-order valence-corrected chi connectivity index (χ0v) is 17.6. The third-order valence-corrected chi connectivity index (χ3v) is 5.77. The summed E-state index contributed by atoms with van der Waals surface area (Å²) < 4.78 is 5.67. The number of nitrogens with zero attached hydrogens (tertiary/aromatic N) is 5. The van der Waals surface area contributed by atoms with Crippen LogP contribution in [0.4, 0.5) is 11.6 Å². The lowest BCUT2D eigenvalue weighted by Crippen LogP contribution is -2.29. The molecule has 1 aromatic carbocycles. The fourth-order valence-corrected chi connectivity index (χ4v) is 4.12. The number of aromatic amines is 1. The van der Waals surface area contributed by atoms with Crippen LogP contribution in [0.25, 0.3) is 11.3 Å². The number of nitrogens with one attached hydrogen (secondary N) is 2. The number of aromatic nitrogens is 4. The molecule has 0 spiro atoms. The standard InChI is InChI=1S/C21H22ClN7O/c1-29-7-5-13(6-8-29)15-3-4-16(21(30-2)20(15)22)17-9-18(28-27-17)26-19-12-24-14(10-23)11-25-19/h3-4,9,11-13H,5-8H2,1-2H3,(H2,25,26,27,28).